The summed E-state index contributed by atoms with van der Waals surface area (Å²) in [4.78, 5) is 16.1. The number of pyridine rings is 1. The van der Waals surface area contributed by atoms with Gasteiger partial charge in [-0.05, 0) is 24.1 Å². The van der Waals surface area contributed by atoms with Crippen molar-refractivity contribution in [2.75, 3.05) is 6.61 Å². The minimum Gasteiger partial charge on any atom is -0.473 e. The van der Waals surface area contributed by atoms with Gasteiger partial charge in [0.05, 0.1) is 6.61 Å². The first-order valence-electron chi connectivity index (χ1n) is 7.81. The number of benzene rings is 1. The fraction of sp³-hybridized carbons (Fsp3) is 0.263. The van der Waals surface area contributed by atoms with Crippen molar-refractivity contribution in [2.24, 2.45) is 0 Å². The van der Waals surface area contributed by atoms with Crippen molar-refractivity contribution in [3.05, 3.63) is 72.4 Å². The zero-order chi connectivity index (χ0) is 17.2. The van der Waals surface area contributed by atoms with Crippen LogP contribution in [0.15, 0.2) is 61.3 Å². The topological polar surface area (TPSA) is 60.5 Å². The lowest BCUT2D eigenvalue weighted by atomic mass is 10.2. The largest absolute Gasteiger partial charge is 0.473 e. The molecule has 0 spiro atoms. The molecule has 5 nitrogen and oxygen atoms in total. The van der Waals surface area contributed by atoms with Crippen molar-refractivity contribution < 1.29 is 14.3 Å². The van der Waals surface area contributed by atoms with Crippen LogP contribution in [0.4, 0.5) is 0 Å². The number of ether oxygens (including phenoxy) is 2. The molecule has 5 heteroatoms. The Hall–Kier alpha value is -2.66. The molecule has 1 aromatic carbocycles. The van der Waals surface area contributed by atoms with Crippen molar-refractivity contribution in [2.45, 2.75) is 26.2 Å². The quantitative estimate of drug-likeness (QED) is 0.720. The van der Waals surface area contributed by atoms with E-state index in [1.165, 1.54) is 0 Å². The van der Waals surface area contributed by atoms with Crippen LogP contribution in [0.25, 0.3) is 0 Å². The number of carbonyl (C=O) groups is 1. The van der Waals surface area contributed by atoms with Crippen LogP contribution in [-0.2, 0) is 22.7 Å². The predicted octanol–water partition coefficient (Wildman–Crippen LogP) is 2.87. The third-order valence-corrected chi connectivity index (χ3v) is 3.33. The third kappa shape index (κ3) is 5.85. The molecule has 1 N–H and O–H groups in total. The van der Waals surface area contributed by atoms with Gasteiger partial charge in [0.15, 0.2) is 0 Å². The molecule has 24 heavy (non-hydrogen) atoms. The Balaban J connectivity index is 1.84. The molecule has 1 aromatic heterocycles. The molecular weight excluding hydrogens is 304 g/mol. The fourth-order valence-corrected chi connectivity index (χ4v) is 1.99. The summed E-state index contributed by atoms with van der Waals surface area (Å²) in [6.07, 6.45) is 2.77. The second-order valence-electron chi connectivity index (χ2n) is 5.26. The highest BCUT2D eigenvalue weighted by Gasteiger charge is 2.12. The van der Waals surface area contributed by atoms with Crippen molar-refractivity contribution >= 4 is 5.91 Å². The van der Waals surface area contributed by atoms with E-state index >= 15 is 0 Å². The summed E-state index contributed by atoms with van der Waals surface area (Å²) in [5.41, 5.74) is 1.99. The first-order valence-corrected chi connectivity index (χ1v) is 7.81. The normalized spacial score (nSPS) is 11.5. The Morgan fingerprint density at radius 3 is 2.83 bits per heavy atom. The van der Waals surface area contributed by atoms with Gasteiger partial charge in [0, 0.05) is 18.8 Å². The lowest BCUT2D eigenvalue weighted by Crippen LogP contribution is -2.34. The van der Waals surface area contributed by atoms with E-state index in [1.807, 2.05) is 42.5 Å². The van der Waals surface area contributed by atoms with Gasteiger partial charge in [0.25, 0.3) is 0 Å². The van der Waals surface area contributed by atoms with E-state index < -0.39 is 6.10 Å². The summed E-state index contributed by atoms with van der Waals surface area (Å²) in [7, 11) is 0. The van der Waals surface area contributed by atoms with E-state index in [2.05, 4.69) is 16.9 Å². The molecule has 0 saturated carbocycles. The minimum atomic E-state index is -0.515. The summed E-state index contributed by atoms with van der Waals surface area (Å²) in [6.45, 7) is 6.46. The third-order valence-electron chi connectivity index (χ3n) is 3.33. The smallest absolute Gasteiger partial charge is 0.249 e. The molecule has 0 fully saturated rings. The molecule has 0 bridgehead atoms. The van der Waals surface area contributed by atoms with Crippen LogP contribution in [0, 0.1) is 0 Å². The van der Waals surface area contributed by atoms with Crippen LogP contribution in [0.3, 0.4) is 0 Å². The molecule has 1 heterocycles. The van der Waals surface area contributed by atoms with Gasteiger partial charge in [0.1, 0.15) is 12.7 Å². The van der Waals surface area contributed by atoms with E-state index in [1.54, 1.807) is 19.2 Å². The average molecular weight is 326 g/mol. The Labute approximate surface area is 142 Å². The maximum absolute atomic E-state index is 11.9. The highest BCUT2D eigenvalue weighted by molar-refractivity contribution is 5.80. The molecule has 0 radical (unpaired) electrons. The van der Waals surface area contributed by atoms with E-state index in [9.17, 15) is 4.79 Å². The van der Waals surface area contributed by atoms with Crippen molar-refractivity contribution in [3.8, 4) is 5.88 Å². The molecule has 126 valence electrons. The molecule has 0 saturated heterocycles. The van der Waals surface area contributed by atoms with Crippen LogP contribution in [0.1, 0.15) is 18.1 Å². The number of amides is 1. The van der Waals surface area contributed by atoms with Gasteiger partial charge in [-0.25, -0.2) is 4.98 Å². The van der Waals surface area contributed by atoms with Crippen molar-refractivity contribution in [1.82, 2.24) is 10.3 Å². The van der Waals surface area contributed by atoms with Gasteiger partial charge in [-0.2, -0.15) is 0 Å². The van der Waals surface area contributed by atoms with Crippen molar-refractivity contribution in [1.29, 1.82) is 0 Å². The predicted molar refractivity (Wildman–Crippen MR) is 92.5 cm³/mol. The maximum Gasteiger partial charge on any atom is 0.249 e. The highest BCUT2D eigenvalue weighted by atomic mass is 16.5. The number of rotatable bonds is 9. The number of hydrogen-bond donors (Lipinski definition) is 1. The highest BCUT2D eigenvalue weighted by Crippen LogP contribution is 2.12. The average Bonchev–Trinajstić information content (AvgIpc) is 2.63. The second-order valence-corrected chi connectivity index (χ2v) is 5.26. The minimum absolute atomic E-state index is 0.166. The molecule has 0 aliphatic rings. The molecule has 0 unspecified atom stereocenters. The van der Waals surface area contributed by atoms with Gasteiger partial charge < -0.3 is 14.8 Å². The van der Waals surface area contributed by atoms with E-state index in [4.69, 9.17) is 9.47 Å². The van der Waals surface area contributed by atoms with E-state index in [-0.39, 0.29) is 5.91 Å². The number of aromatic nitrogens is 1. The SMILES string of the molecule is C=CCO[C@@H](C)C(=O)NCc1ccnc(OCc2ccccc2)c1. The fourth-order valence-electron chi connectivity index (χ4n) is 1.99. The number of nitrogens with one attached hydrogen (secondary N) is 1. The van der Waals surface area contributed by atoms with Gasteiger partial charge in [-0.3, -0.25) is 4.79 Å². The van der Waals surface area contributed by atoms with Gasteiger partial charge in [-0.1, -0.05) is 36.4 Å². The van der Waals surface area contributed by atoms with E-state index in [0.29, 0.717) is 25.6 Å². The monoisotopic (exact) mass is 326 g/mol. The van der Waals surface area contributed by atoms with Crippen LogP contribution in [0.2, 0.25) is 0 Å². The van der Waals surface area contributed by atoms with Crippen LogP contribution in [-0.4, -0.2) is 23.6 Å². The zero-order valence-electron chi connectivity index (χ0n) is 13.8. The van der Waals surface area contributed by atoms with Crippen LogP contribution in [0.5, 0.6) is 5.88 Å². The Bertz CT molecular complexity index is 659. The van der Waals surface area contributed by atoms with Crippen LogP contribution >= 0.6 is 0 Å². The number of carbonyl (C=O) groups excluding carboxylic acids is 1. The molecule has 0 aliphatic carbocycles. The first-order chi connectivity index (χ1) is 11.7. The standard InChI is InChI=1S/C19H22N2O3/c1-3-11-23-15(2)19(22)21-13-17-9-10-20-18(12-17)24-14-16-7-5-4-6-8-16/h3-10,12,15H,1,11,13-14H2,2H3,(H,21,22)/t15-/m0/s1. The second kappa shape index (κ2) is 9.47. The maximum atomic E-state index is 11.9. The lowest BCUT2D eigenvalue weighted by Gasteiger charge is -2.12. The van der Waals surface area contributed by atoms with Gasteiger partial charge in [0.2, 0.25) is 11.8 Å². The van der Waals surface area contributed by atoms with Crippen LogP contribution < -0.4 is 10.1 Å². The van der Waals surface area contributed by atoms with Gasteiger partial charge in [-0.15, -0.1) is 6.58 Å². The number of hydrogen-bond acceptors (Lipinski definition) is 4. The molecule has 0 aliphatic heterocycles. The van der Waals surface area contributed by atoms with E-state index in [0.717, 1.165) is 11.1 Å². The molecule has 2 rings (SSSR count). The zero-order valence-corrected chi connectivity index (χ0v) is 13.8. The molecular formula is C19H22N2O3. The summed E-state index contributed by atoms with van der Waals surface area (Å²) in [5, 5.41) is 2.83. The molecule has 1 amide bonds. The number of nitrogens with zero attached hydrogens (tertiary/aromatic N) is 1. The Kier molecular flexibility index (Phi) is 6.98. The summed E-state index contributed by atoms with van der Waals surface area (Å²) in [5.74, 6) is 0.363. The summed E-state index contributed by atoms with van der Waals surface area (Å²) in [6, 6.07) is 13.5. The molecule has 1 atom stereocenters. The summed E-state index contributed by atoms with van der Waals surface area (Å²) < 4.78 is 11.0. The Morgan fingerprint density at radius 2 is 2.08 bits per heavy atom. The first kappa shape index (κ1) is 17.7. The lowest BCUT2D eigenvalue weighted by molar-refractivity contribution is -0.131. The van der Waals surface area contributed by atoms with Gasteiger partial charge >= 0.3 is 0 Å². The summed E-state index contributed by atoms with van der Waals surface area (Å²) >= 11 is 0. The van der Waals surface area contributed by atoms with Crippen molar-refractivity contribution in [3.63, 3.8) is 0 Å². The Morgan fingerprint density at radius 1 is 1.29 bits per heavy atom. The molecule has 2 aromatic rings.